The highest BCUT2D eigenvalue weighted by molar-refractivity contribution is 5.31. The van der Waals surface area contributed by atoms with Crippen molar-refractivity contribution in [1.82, 2.24) is 5.43 Å². The Kier molecular flexibility index (Phi) is 4.47. The molecule has 0 aliphatic carbocycles. The second kappa shape index (κ2) is 6.11. The number of hydrogen-bond acceptors (Lipinski definition) is 2. The average molecular weight is 276 g/mol. The van der Waals surface area contributed by atoms with E-state index in [1.54, 1.807) is 0 Å². The molecule has 0 fully saturated rings. The van der Waals surface area contributed by atoms with Crippen molar-refractivity contribution in [1.29, 1.82) is 0 Å². The van der Waals surface area contributed by atoms with Crippen LogP contribution in [0, 0.1) is 25.5 Å². The van der Waals surface area contributed by atoms with E-state index >= 15 is 0 Å². The standard InChI is InChI=1S/C16H18F2N2/c1-10-6-11(2)8-12(7-10)9-15(20-19)16-13(17)4-3-5-14(16)18/h3-8,15,20H,9,19H2,1-2H3. The van der Waals surface area contributed by atoms with E-state index in [4.69, 9.17) is 5.84 Å². The third kappa shape index (κ3) is 3.21. The minimum absolute atomic E-state index is 0.0193. The van der Waals surface area contributed by atoms with E-state index in [1.165, 1.54) is 18.2 Å². The van der Waals surface area contributed by atoms with E-state index in [9.17, 15) is 8.78 Å². The third-order valence-corrected chi connectivity index (χ3v) is 3.27. The van der Waals surface area contributed by atoms with Gasteiger partial charge in [0, 0.05) is 5.56 Å². The van der Waals surface area contributed by atoms with E-state index < -0.39 is 17.7 Å². The van der Waals surface area contributed by atoms with Gasteiger partial charge in [-0.25, -0.2) is 8.78 Å². The SMILES string of the molecule is Cc1cc(C)cc(CC(NN)c2c(F)cccc2F)c1. The quantitative estimate of drug-likeness (QED) is 0.664. The maximum Gasteiger partial charge on any atom is 0.130 e. The third-order valence-electron chi connectivity index (χ3n) is 3.27. The van der Waals surface area contributed by atoms with E-state index in [1.807, 2.05) is 26.0 Å². The summed E-state index contributed by atoms with van der Waals surface area (Å²) >= 11 is 0. The Morgan fingerprint density at radius 3 is 2.10 bits per heavy atom. The van der Waals surface area contributed by atoms with Crippen LogP contribution in [0.5, 0.6) is 0 Å². The van der Waals surface area contributed by atoms with Crippen LogP contribution in [0.25, 0.3) is 0 Å². The second-order valence-corrected chi connectivity index (χ2v) is 5.05. The number of benzene rings is 2. The van der Waals surface area contributed by atoms with Crippen LogP contribution in [0.4, 0.5) is 8.78 Å². The van der Waals surface area contributed by atoms with Gasteiger partial charge in [0.15, 0.2) is 0 Å². The van der Waals surface area contributed by atoms with Crippen molar-refractivity contribution in [2.24, 2.45) is 5.84 Å². The first-order valence-corrected chi connectivity index (χ1v) is 6.48. The maximum absolute atomic E-state index is 13.8. The lowest BCUT2D eigenvalue weighted by Crippen LogP contribution is -2.31. The lowest BCUT2D eigenvalue weighted by atomic mass is 9.96. The first-order valence-electron chi connectivity index (χ1n) is 6.48. The predicted molar refractivity (Wildman–Crippen MR) is 76.0 cm³/mol. The molecule has 3 N–H and O–H groups in total. The van der Waals surface area contributed by atoms with Crippen molar-refractivity contribution in [2.75, 3.05) is 0 Å². The van der Waals surface area contributed by atoms with E-state index in [0.717, 1.165) is 16.7 Å². The van der Waals surface area contributed by atoms with Gasteiger partial charge in [-0.2, -0.15) is 0 Å². The summed E-state index contributed by atoms with van der Waals surface area (Å²) in [5.74, 6) is 4.31. The molecule has 20 heavy (non-hydrogen) atoms. The lowest BCUT2D eigenvalue weighted by molar-refractivity contribution is 0.473. The molecule has 2 aromatic rings. The zero-order chi connectivity index (χ0) is 14.7. The fourth-order valence-electron chi connectivity index (χ4n) is 2.51. The van der Waals surface area contributed by atoms with Crippen LogP contribution in [0.2, 0.25) is 0 Å². The Hall–Kier alpha value is -1.78. The van der Waals surface area contributed by atoms with Crippen LogP contribution in [-0.2, 0) is 6.42 Å². The molecule has 2 rings (SSSR count). The number of nitrogens with one attached hydrogen (secondary N) is 1. The molecule has 106 valence electrons. The molecular formula is C16H18F2N2. The molecule has 2 aromatic carbocycles. The first-order chi connectivity index (χ1) is 9.51. The van der Waals surface area contributed by atoms with Gasteiger partial charge in [0.2, 0.25) is 0 Å². The van der Waals surface area contributed by atoms with Crippen molar-refractivity contribution < 1.29 is 8.78 Å². The lowest BCUT2D eigenvalue weighted by Gasteiger charge is -2.18. The monoisotopic (exact) mass is 276 g/mol. The number of halogens is 2. The normalized spacial score (nSPS) is 12.4. The van der Waals surface area contributed by atoms with Crippen LogP contribution in [0.1, 0.15) is 28.3 Å². The van der Waals surface area contributed by atoms with Crippen LogP contribution in [0.3, 0.4) is 0 Å². The van der Waals surface area contributed by atoms with Gasteiger partial charge < -0.3 is 0 Å². The Labute approximate surface area is 117 Å². The van der Waals surface area contributed by atoms with Crippen LogP contribution in [0.15, 0.2) is 36.4 Å². The summed E-state index contributed by atoms with van der Waals surface area (Å²) in [6.45, 7) is 3.98. The number of hydrazine groups is 1. The molecule has 0 spiro atoms. The summed E-state index contributed by atoms with van der Waals surface area (Å²) in [5, 5.41) is 0. The largest absolute Gasteiger partial charge is 0.271 e. The van der Waals surface area contributed by atoms with Gasteiger partial charge in [-0.1, -0.05) is 35.4 Å². The van der Waals surface area contributed by atoms with Crippen molar-refractivity contribution in [3.8, 4) is 0 Å². The highest BCUT2D eigenvalue weighted by atomic mass is 19.1. The predicted octanol–water partition coefficient (Wildman–Crippen LogP) is 3.33. The van der Waals surface area contributed by atoms with Gasteiger partial charge in [-0.05, 0) is 38.0 Å². The number of hydrogen-bond donors (Lipinski definition) is 2. The molecule has 0 saturated heterocycles. The molecule has 1 atom stereocenters. The molecule has 0 aliphatic rings. The Balaban J connectivity index is 2.34. The summed E-state index contributed by atoms with van der Waals surface area (Å²) < 4.78 is 27.6. The van der Waals surface area contributed by atoms with Crippen molar-refractivity contribution in [3.05, 3.63) is 70.3 Å². The molecule has 0 heterocycles. The second-order valence-electron chi connectivity index (χ2n) is 5.05. The molecule has 2 nitrogen and oxygen atoms in total. The number of rotatable bonds is 4. The zero-order valence-electron chi connectivity index (χ0n) is 11.6. The molecule has 0 amide bonds. The van der Waals surface area contributed by atoms with Crippen LogP contribution in [-0.4, -0.2) is 0 Å². The Bertz CT molecular complexity index is 571. The summed E-state index contributed by atoms with van der Waals surface area (Å²) in [7, 11) is 0. The smallest absolute Gasteiger partial charge is 0.130 e. The zero-order valence-corrected chi connectivity index (χ0v) is 11.6. The molecule has 4 heteroatoms. The molecular weight excluding hydrogens is 258 g/mol. The van der Waals surface area contributed by atoms with Crippen LogP contribution >= 0.6 is 0 Å². The fraction of sp³-hybridized carbons (Fsp3) is 0.250. The van der Waals surface area contributed by atoms with Gasteiger partial charge in [-0.3, -0.25) is 11.3 Å². The van der Waals surface area contributed by atoms with Gasteiger partial charge in [0.1, 0.15) is 11.6 Å². The molecule has 0 saturated carbocycles. The number of aryl methyl sites for hydroxylation is 2. The maximum atomic E-state index is 13.8. The molecule has 1 unspecified atom stereocenters. The highest BCUT2D eigenvalue weighted by Crippen LogP contribution is 2.24. The van der Waals surface area contributed by atoms with Crippen LogP contribution < -0.4 is 11.3 Å². The fourth-order valence-corrected chi connectivity index (χ4v) is 2.51. The first kappa shape index (κ1) is 14.6. The van der Waals surface area contributed by atoms with Gasteiger partial charge in [0.25, 0.3) is 0 Å². The summed E-state index contributed by atoms with van der Waals surface area (Å²) in [6.07, 6.45) is 0.427. The minimum atomic E-state index is -0.600. The van der Waals surface area contributed by atoms with E-state index in [-0.39, 0.29) is 5.56 Å². The number of nitrogens with two attached hydrogens (primary N) is 1. The van der Waals surface area contributed by atoms with Gasteiger partial charge in [-0.15, -0.1) is 0 Å². The van der Waals surface area contributed by atoms with Crippen molar-refractivity contribution >= 4 is 0 Å². The highest BCUT2D eigenvalue weighted by Gasteiger charge is 2.19. The molecule has 0 radical (unpaired) electrons. The van der Waals surface area contributed by atoms with E-state index in [0.29, 0.717) is 6.42 Å². The topological polar surface area (TPSA) is 38.0 Å². The summed E-state index contributed by atoms with van der Waals surface area (Å²) in [4.78, 5) is 0. The van der Waals surface area contributed by atoms with Crippen molar-refractivity contribution in [2.45, 2.75) is 26.3 Å². The Morgan fingerprint density at radius 1 is 1.05 bits per heavy atom. The summed E-state index contributed by atoms with van der Waals surface area (Å²) in [6, 6.07) is 9.27. The van der Waals surface area contributed by atoms with Gasteiger partial charge in [0.05, 0.1) is 6.04 Å². The van der Waals surface area contributed by atoms with Gasteiger partial charge >= 0.3 is 0 Å². The average Bonchev–Trinajstić information content (AvgIpc) is 2.36. The summed E-state index contributed by atoms with van der Waals surface area (Å²) in [5.41, 5.74) is 5.71. The molecule has 0 aliphatic heterocycles. The Morgan fingerprint density at radius 2 is 1.60 bits per heavy atom. The minimum Gasteiger partial charge on any atom is -0.271 e. The van der Waals surface area contributed by atoms with E-state index in [2.05, 4.69) is 11.5 Å². The molecule has 0 aromatic heterocycles. The molecule has 0 bridgehead atoms. The van der Waals surface area contributed by atoms with Crippen molar-refractivity contribution in [3.63, 3.8) is 0 Å².